The lowest BCUT2D eigenvalue weighted by Gasteiger charge is -2.17. The van der Waals surface area contributed by atoms with E-state index < -0.39 is 18.6 Å². The summed E-state index contributed by atoms with van der Waals surface area (Å²) >= 11 is 0. The van der Waals surface area contributed by atoms with E-state index in [-0.39, 0.29) is 11.4 Å². The van der Waals surface area contributed by atoms with Gasteiger partial charge < -0.3 is 5.32 Å². The summed E-state index contributed by atoms with van der Waals surface area (Å²) in [6, 6.07) is 2.74. The SMILES string of the molecule is Cc1ccnc(NC(C)CC(F)(F)F)c1C#N. The molecule has 1 rings (SSSR count). The molecular weight excluding hydrogens is 231 g/mol. The highest BCUT2D eigenvalue weighted by Crippen LogP contribution is 2.24. The highest BCUT2D eigenvalue weighted by Gasteiger charge is 2.30. The Bertz CT molecular complexity index is 435. The van der Waals surface area contributed by atoms with Crippen molar-refractivity contribution >= 4 is 5.82 Å². The van der Waals surface area contributed by atoms with Crippen LogP contribution in [0.25, 0.3) is 0 Å². The predicted molar refractivity (Wildman–Crippen MR) is 57.4 cm³/mol. The summed E-state index contributed by atoms with van der Waals surface area (Å²) in [4.78, 5) is 3.88. The van der Waals surface area contributed by atoms with Crippen LogP contribution in [0, 0.1) is 18.3 Å². The maximum Gasteiger partial charge on any atom is 0.391 e. The summed E-state index contributed by atoms with van der Waals surface area (Å²) in [6.07, 6.45) is -3.74. The minimum absolute atomic E-state index is 0.198. The third-order valence-corrected chi connectivity index (χ3v) is 2.19. The molecule has 1 aromatic heterocycles. The highest BCUT2D eigenvalue weighted by molar-refractivity contribution is 5.55. The number of nitriles is 1. The molecule has 1 heterocycles. The van der Waals surface area contributed by atoms with Crippen LogP contribution in [-0.4, -0.2) is 17.2 Å². The fraction of sp³-hybridized carbons (Fsp3) is 0.455. The zero-order chi connectivity index (χ0) is 13.1. The molecule has 0 aliphatic rings. The summed E-state index contributed by atoms with van der Waals surface area (Å²) in [6.45, 7) is 3.11. The molecule has 92 valence electrons. The first-order valence-electron chi connectivity index (χ1n) is 5.02. The number of pyridine rings is 1. The number of aromatic nitrogens is 1. The van der Waals surface area contributed by atoms with Crippen molar-refractivity contribution < 1.29 is 13.2 Å². The van der Waals surface area contributed by atoms with E-state index in [1.807, 2.05) is 6.07 Å². The van der Waals surface area contributed by atoms with Gasteiger partial charge in [-0.2, -0.15) is 18.4 Å². The van der Waals surface area contributed by atoms with Crippen molar-refractivity contribution in [3.05, 3.63) is 23.4 Å². The Kier molecular flexibility index (Phi) is 3.94. The van der Waals surface area contributed by atoms with Crippen molar-refractivity contribution in [3.63, 3.8) is 0 Å². The molecule has 0 aromatic carbocycles. The molecule has 6 heteroatoms. The van der Waals surface area contributed by atoms with E-state index in [2.05, 4.69) is 10.3 Å². The second-order valence-electron chi connectivity index (χ2n) is 3.83. The number of alkyl halides is 3. The molecule has 17 heavy (non-hydrogen) atoms. The summed E-state index contributed by atoms with van der Waals surface area (Å²) in [7, 11) is 0. The van der Waals surface area contributed by atoms with Gasteiger partial charge in [-0.15, -0.1) is 0 Å². The molecule has 0 bridgehead atoms. The fourth-order valence-corrected chi connectivity index (χ4v) is 1.44. The van der Waals surface area contributed by atoms with Crippen molar-refractivity contribution in [2.45, 2.75) is 32.5 Å². The lowest BCUT2D eigenvalue weighted by atomic mass is 10.1. The number of hydrogen-bond donors (Lipinski definition) is 1. The molecule has 1 aromatic rings. The largest absolute Gasteiger partial charge is 0.391 e. The van der Waals surface area contributed by atoms with Crippen LogP contribution in [0.3, 0.4) is 0 Å². The summed E-state index contributed by atoms with van der Waals surface area (Å²) in [5.41, 5.74) is 0.964. The first kappa shape index (κ1) is 13.3. The lowest BCUT2D eigenvalue weighted by molar-refractivity contribution is -0.136. The van der Waals surface area contributed by atoms with Gasteiger partial charge in [-0.25, -0.2) is 4.98 Å². The van der Waals surface area contributed by atoms with Crippen LogP contribution in [0.1, 0.15) is 24.5 Å². The Labute approximate surface area is 97.3 Å². The second-order valence-corrected chi connectivity index (χ2v) is 3.83. The van der Waals surface area contributed by atoms with Gasteiger partial charge in [0.2, 0.25) is 0 Å². The number of hydrogen-bond acceptors (Lipinski definition) is 3. The Hall–Kier alpha value is -1.77. The Morgan fingerprint density at radius 3 is 2.71 bits per heavy atom. The summed E-state index contributed by atoms with van der Waals surface area (Å²) in [5, 5.41) is 11.5. The molecule has 1 atom stereocenters. The molecule has 3 nitrogen and oxygen atoms in total. The van der Waals surface area contributed by atoms with Crippen LogP contribution in [0.15, 0.2) is 12.3 Å². The van der Waals surface area contributed by atoms with Crippen LogP contribution in [0.5, 0.6) is 0 Å². The first-order chi connectivity index (χ1) is 7.83. The monoisotopic (exact) mass is 243 g/mol. The van der Waals surface area contributed by atoms with Crippen LogP contribution >= 0.6 is 0 Å². The Morgan fingerprint density at radius 2 is 2.18 bits per heavy atom. The quantitative estimate of drug-likeness (QED) is 0.887. The van der Waals surface area contributed by atoms with E-state index in [1.165, 1.54) is 13.1 Å². The van der Waals surface area contributed by atoms with Gasteiger partial charge in [-0.1, -0.05) is 0 Å². The van der Waals surface area contributed by atoms with Gasteiger partial charge in [0.1, 0.15) is 11.9 Å². The minimum atomic E-state index is -4.23. The predicted octanol–water partition coefficient (Wildman–Crippen LogP) is 3.01. The number of nitrogens with one attached hydrogen (secondary N) is 1. The van der Waals surface area contributed by atoms with Crippen LogP contribution in [0.2, 0.25) is 0 Å². The van der Waals surface area contributed by atoms with Crippen molar-refractivity contribution in [2.75, 3.05) is 5.32 Å². The van der Waals surface area contributed by atoms with Gasteiger partial charge >= 0.3 is 6.18 Å². The maximum absolute atomic E-state index is 12.1. The molecule has 1 unspecified atom stereocenters. The number of nitrogens with zero attached hydrogens (tertiary/aromatic N) is 2. The molecule has 0 fully saturated rings. The number of aryl methyl sites for hydroxylation is 1. The standard InChI is InChI=1S/C11H12F3N3/c1-7-3-4-16-10(9(7)6-15)17-8(2)5-11(12,13)14/h3-4,8H,5H2,1-2H3,(H,16,17). The molecule has 1 N–H and O–H groups in total. The van der Waals surface area contributed by atoms with Gasteiger partial charge in [0.15, 0.2) is 0 Å². The van der Waals surface area contributed by atoms with E-state index in [9.17, 15) is 13.2 Å². The summed E-state index contributed by atoms with van der Waals surface area (Å²) in [5.74, 6) is 0.198. The van der Waals surface area contributed by atoms with Crippen molar-refractivity contribution in [2.24, 2.45) is 0 Å². The average Bonchev–Trinajstić information content (AvgIpc) is 2.14. The molecule has 0 spiro atoms. The molecule has 0 amide bonds. The lowest BCUT2D eigenvalue weighted by Crippen LogP contribution is -2.24. The molecule has 0 radical (unpaired) electrons. The van der Waals surface area contributed by atoms with E-state index in [0.717, 1.165) is 0 Å². The van der Waals surface area contributed by atoms with Gasteiger partial charge in [0.25, 0.3) is 0 Å². The minimum Gasteiger partial charge on any atom is -0.366 e. The number of anilines is 1. The van der Waals surface area contributed by atoms with Crippen LogP contribution in [-0.2, 0) is 0 Å². The maximum atomic E-state index is 12.1. The zero-order valence-electron chi connectivity index (χ0n) is 9.47. The third-order valence-electron chi connectivity index (χ3n) is 2.19. The van der Waals surface area contributed by atoms with Gasteiger partial charge in [0.05, 0.1) is 12.0 Å². The molecule has 0 saturated heterocycles. The van der Waals surface area contributed by atoms with Crippen molar-refractivity contribution in [1.29, 1.82) is 5.26 Å². The second kappa shape index (κ2) is 5.04. The molecule has 0 aliphatic carbocycles. The first-order valence-corrected chi connectivity index (χ1v) is 5.02. The zero-order valence-corrected chi connectivity index (χ0v) is 9.47. The molecule has 0 aliphatic heterocycles. The number of rotatable bonds is 3. The smallest absolute Gasteiger partial charge is 0.366 e. The molecular formula is C11H12F3N3. The van der Waals surface area contributed by atoms with Crippen molar-refractivity contribution in [3.8, 4) is 6.07 Å². The van der Waals surface area contributed by atoms with Crippen LogP contribution in [0.4, 0.5) is 19.0 Å². The number of halogens is 3. The average molecular weight is 243 g/mol. The van der Waals surface area contributed by atoms with E-state index >= 15 is 0 Å². The highest BCUT2D eigenvalue weighted by atomic mass is 19.4. The van der Waals surface area contributed by atoms with E-state index in [1.54, 1.807) is 13.0 Å². The molecule has 0 saturated carbocycles. The van der Waals surface area contributed by atoms with Crippen molar-refractivity contribution in [1.82, 2.24) is 4.98 Å². The Morgan fingerprint density at radius 1 is 1.53 bits per heavy atom. The van der Waals surface area contributed by atoms with Gasteiger partial charge in [-0.05, 0) is 25.5 Å². The normalized spacial score (nSPS) is 12.9. The third kappa shape index (κ3) is 3.94. The topological polar surface area (TPSA) is 48.7 Å². The fourth-order valence-electron chi connectivity index (χ4n) is 1.44. The van der Waals surface area contributed by atoms with Crippen LogP contribution < -0.4 is 5.32 Å². The van der Waals surface area contributed by atoms with E-state index in [0.29, 0.717) is 5.56 Å². The van der Waals surface area contributed by atoms with Gasteiger partial charge in [0, 0.05) is 12.2 Å². The summed E-state index contributed by atoms with van der Waals surface area (Å²) < 4.78 is 36.4. The Balaban J connectivity index is 2.83. The van der Waals surface area contributed by atoms with E-state index in [4.69, 9.17) is 5.26 Å². The van der Waals surface area contributed by atoms with Gasteiger partial charge in [-0.3, -0.25) is 0 Å².